The lowest BCUT2D eigenvalue weighted by molar-refractivity contribution is -0.113. The van der Waals surface area contributed by atoms with Crippen LogP contribution in [0.4, 0.5) is 6.01 Å². The van der Waals surface area contributed by atoms with Crippen LogP contribution in [0, 0.1) is 0 Å². The summed E-state index contributed by atoms with van der Waals surface area (Å²) in [5.41, 5.74) is 2.40. The first-order valence-electron chi connectivity index (χ1n) is 7.64. The largest absolute Gasteiger partial charge is 0.403 e. The highest BCUT2D eigenvalue weighted by Crippen LogP contribution is 2.23. The minimum atomic E-state index is -0.267. The van der Waals surface area contributed by atoms with Crippen LogP contribution in [0.3, 0.4) is 0 Å². The number of aromatic nitrogens is 4. The number of nitrogens with zero attached hydrogens (tertiary/aromatic N) is 3. The van der Waals surface area contributed by atoms with Crippen LogP contribution < -0.4 is 5.32 Å². The van der Waals surface area contributed by atoms with E-state index in [0.29, 0.717) is 16.1 Å². The van der Waals surface area contributed by atoms with Crippen LogP contribution in [0.2, 0.25) is 5.02 Å². The van der Waals surface area contributed by atoms with Gasteiger partial charge in [-0.25, -0.2) is 4.98 Å². The van der Waals surface area contributed by atoms with E-state index in [1.165, 1.54) is 11.8 Å². The summed E-state index contributed by atoms with van der Waals surface area (Å²) in [5.74, 6) is 0.232. The summed E-state index contributed by atoms with van der Waals surface area (Å²) in [7, 11) is 0. The minimum Gasteiger partial charge on any atom is -0.403 e. The second-order valence-corrected chi connectivity index (χ2v) is 6.72. The van der Waals surface area contributed by atoms with Gasteiger partial charge in [-0.2, -0.15) is 0 Å². The maximum atomic E-state index is 12.1. The van der Waals surface area contributed by atoms with Crippen LogP contribution in [0.1, 0.15) is 0 Å². The van der Waals surface area contributed by atoms with Crippen LogP contribution in [0.5, 0.6) is 0 Å². The Balaban J connectivity index is 1.37. The number of carbonyl (C=O) groups excluding carboxylic acids is 1. The predicted molar refractivity (Wildman–Crippen MR) is 100 cm³/mol. The molecule has 26 heavy (non-hydrogen) atoms. The smallest absolute Gasteiger partial charge is 0.322 e. The zero-order chi connectivity index (χ0) is 17.9. The third-order valence-corrected chi connectivity index (χ3v) is 4.56. The quantitative estimate of drug-likeness (QED) is 0.504. The molecule has 0 spiro atoms. The molecule has 0 radical (unpaired) electrons. The van der Waals surface area contributed by atoms with Crippen molar-refractivity contribution in [2.24, 2.45) is 0 Å². The van der Waals surface area contributed by atoms with Gasteiger partial charge in [0.1, 0.15) is 0 Å². The van der Waals surface area contributed by atoms with Crippen molar-refractivity contribution in [3.63, 3.8) is 0 Å². The summed E-state index contributed by atoms with van der Waals surface area (Å²) in [5, 5.41) is 11.6. The standard InChI is InChI=1S/C17H12ClN5O2S/c18-11-6-7-12-13(8-11)20-17(19-12)26-9-14(24)21-16-23-22-15(25-16)10-4-2-1-3-5-10/h1-8H,9H2,(H,19,20)(H,21,23,24). The molecule has 0 aliphatic heterocycles. The third-order valence-electron chi connectivity index (χ3n) is 3.45. The first-order chi connectivity index (χ1) is 12.7. The first-order valence-corrected chi connectivity index (χ1v) is 9.00. The molecule has 0 fully saturated rings. The second-order valence-electron chi connectivity index (χ2n) is 5.32. The molecule has 0 saturated carbocycles. The molecule has 0 unspecified atom stereocenters. The highest BCUT2D eigenvalue weighted by molar-refractivity contribution is 7.99. The molecule has 0 atom stereocenters. The van der Waals surface area contributed by atoms with Crippen molar-refractivity contribution in [3.05, 3.63) is 53.6 Å². The number of nitrogens with one attached hydrogen (secondary N) is 2. The van der Waals surface area contributed by atoms with Gasteiger partial charge in [-0.05, 0) is 30.3 Å². The highest BCUT2D eigenvalue weighted by atomic mass is 35.5. The summed E-state index contributed by atoms with van der Waals surface area (Å²) in [6, 6.07) is 14.8. The molecule has 2 N–H and O–H groups in total. The Kier molecular flexibility index (Phi) is 4.59. The van der Waals surface area contributed by atoms with E-state index in [4.69, 9.17) is 16.0 Å². The van der Waals surface area contributed by atoms with Crippen molar-refractivity contribution in [3.8, 4) is 11.5 Å². The van der Waals surface area contributed by atoms with Gasteiger partial charge in [0.2, 0.25) is 11.8 Å². The summed E-state index contributed by atoms with van der Waals surface area (Å²) in [6.07, 6.45) is 0. The third kappa shape index (κ3) is 3.71. The number of H-pyrrole nitrogens is 1. The number of benzene rings is 2. The lowest BCUT2D eigenvalue weighted by Gasteiger charge is -1.98. The van der Waals surface area contributed by atoms with Gasteiger partial charge in [-0.15, -0.1) is 5.10 Å². The van der Waals surface area contributed by atoms with Crippen LogP contribution in [-0.4, -0.2) is 31.8 Å². The number of hydrogen-bond donors (Lipinski definition) is 2. The molecule has 7 nitrogen and oxygen atoms in total. The van der Waals surface area contributed by atoms with E-state index in [1.807, 2.05) is 36.4 Å². The average Bonchev–Trinajstić information content (AvgIpc) is 3.27. The monoisotopic (exact) mass is 385 g/mol. The lowest BCUT2D eigenvalue weighted by Crippen LogP contribution is -2.14. The lowest BCUT2D eigenvalue weighted by atomic mass is 10.2. The number of aromatic amines is 1. The fourth-order valence-electron chi connectivity index (χ4n) is 2.29. The number of anilines is 1. The molecule has 2 heterocycles. The zero-order valence-corrected chi connectivity index (χ0v) is 14.8. The fraction of sp³-hybridized carbons (Fsp3) is 0.0588. The number of rotatable bonds is 5. The van der Waals surface area contributed by atoms with Gasteiger partial charge in [0.05, 0.1) is 16.8 Å². The number of carbonyl (C=O) groups is 1. The van der Waals surface area contributed by atoms with Gasteiger partial charge in [0.15, 0.2) is 5.16 Å². The number of halogens is 1. The van der Waals surface area contributed by atoms with Gasteiger partial charge in [0.25, 0.3) is 0 Å². The Hall–Kier alpha value is -2.84. The van der Waals surface area contributed by atoms with Crippen molar-refractivity contribution in [1.82, 2.24) is 20.2 Å². The number of hydrogen-bond acceptors (Lipinski definition) is 6. The summed E-state index contributed by atoms with van der Waals surface area (Å²) < 4.78 is 5.45. The van der Waals surface area contributed by atoms with E-state index < -0.39 is 0 Å². The molecule has 4 aromatic rings. The Morgan fingerprint density at radius 3 is 2.88 bits per heavy atom. The van der Waals surface area contributed by atoms with Crippen molar-refractivity contribution in [2.75, 3.05) is 11.1 Å². The zero-order valence-electron chi connectivity index (χ0n) is 13.3. The highest BCUT2D eigenvalue weighted by Gasteiger charge is 2.12. The van der Waals surface area contributed by atoms with E-state index in [0.717, 1.165) is 16.6 Å². The molecule has 2 aromatic carbocycles. The Labute approximate surface area is 157 Å². The molecule has 0 aliphatic rings. The summed E-state index contributed by atoms with van der Waals surface area (Å²) >= 11 is 7.22. The minimum absolute atomic E-state index is 0.0610. The Morgan fingerprint density at radius 2 is 2.04 bits per heavy atom. The van der Waals surface area contributed by atoms with Crippen molar-refractivity contribution < 1.29 is 9.21 Å². The topological polar surface area (TPSA) is 96.7 Å². The van der Waals surface area contributed by atoms with Crippen LogP contribution in [0.25, 0.3) is 22.5 Å². The molecular formula is C17H12ClN5O2S. The van der Waals surface area contributed by atoms with Crippen LogP contribution >= 0.6 is 23.4 Å². The normalized spacial score (nSPS) is 11.0. The van der Waals surface area contributed by atoms with E-state index in [1.54, 1.807) is 12.1 Å². The SMILES string of the molecule is O=C(CSc1nc2ccc(Cl)cc2[nH]1)Nc1nnc(-c2ccccc2)o1. The maximum Gasteiger partial charge on any atom is 0.322 e. The van der Waals surface area contributed by atoms with Gasteiger partial charge in [-0.3, -0.25) is 10.1 Å². The van der Waals surface area contributed by atoms with Gasteiger partial charge < -0.3 is 9.40 Å². The van der Waals surface area contributed by atoms with Crippen molar-refractivity contribution >= 4 is 46.3 Å². The number of amides is 1. The average molecular weight is 386 g/mol. The fourth-order valence-corrected chi connectivity index (χ4v) is 3.14. The predicted octanol–water partition coefficient (Wildman–Crippen LogP) is 4.00. The number of imidazole rings is 1. The summed E-state index contributed by atoms with van der Waals surface area (Å²) in [6.45, 7) is 0. The van der Waals surface area contributed by atoms with Crippen LogP contribution in [-0.2, 0) is 4.79 Å². The molecule has 9 heteroatoms. The Bertz CT molecular complexity index is 1060. The van der Waals surface area contributed by atoms with Gasteiger partial charge in [0, 0.05) is 10.6 Å². The van der Waals surface area contributed by atoms with Crippen LogP contribution in [0.15, 0.2) is 58.1 Å². The van der Waals surface area contributed by atoms with E-state index in [9.17, 15) is 4.79 Å². The molecule has 0 aliphatic carbocycles. The summed E-state index contributed by atoms with van der Waals surface area (Å²) in [4.78, 5) is 19.6. The Morgan fingerprint density at radius 1 is 1.19 bits per heavy atom. The number of fused-ring (bicyclic) bond motifs is 1. The second kappa shape index (κ2) is 7.19. The number of thioether (sulfide) groups is 1. The molecule has 130 valence electrons. The molecule has 4 rings (SSSR count). The van der Waals surface area contributed by atoms with E-state index in [2.05, 4.69) is 25.5 Å². The van der Waals surface area contributed by atoms with Gasteiger partial charge in [-0.1, -0.05) is 46.7 Å². The molecule has 0 bridgehead atoms. The molecule has 2 aromatic heterocycles. The van der Waals surface area contributed by atoms with E-state index >= 15 is 0 Å². The van der Waals surface area contributed by atoms with E-state index in [-0.39, 0.29) is 17.7 Å². The molecule has 1 amide bonds. The van der Waals surface area contributed by atoms with Crippen molar-refractivity contribution in [1.29, 1.82) is 0 Å². The maximum absolute atomic E-state index is 12.1. The van der Waals surface area contributed by atoms with Crippen molar-refractivity contribution in [2.45, 2.75) is 5.16 Å². The van der Waals surface area contributed by atoms with Gasteiger partial charge >= 0.3 is 6.01 Å². The molecule has 0 saturated heterocycles. The molecular weight excluding hydrogens is 374 g/mol. The first kappa shape index (κ1) is 16.6.